The molecule has 1 heterocycles. The highest BCUT2D eigenvalue weighted by atomic mass is 16.5. The highest BCUT2D eigenvalue weighted by Gasteiger charge is 2.25. The van der Waals surface area contributed by atoms with Crippen molar-refractivity contribution < 1.29 is 9.53 Å². The molecule has 0 spiro atoms. The molecule has 4 nitrogen and oxygen atoms in total. The molecule has 0 bridgehead atoms. The second kappa shape index (κ2) is 9.19. The Hall–Kier alpha value is -1.39. The predicted octanol–water partition coefficient (Wildman–Crippen LogP) is 2.67. The van der Waals surface area contributed by atoms with Crippen molar-refractivity contribution in [3.8, 4) is 0 Å². The third-order valence-corrected chi connectivity index (χ3v) is 5.36. The minimum absolute atomic E-state index is 0.130. The summed E-state index contributed by atoms with van der Waals surface area (Å²) in [4.78, 5) is 12.2. The zero-order valence-electron chi connectivity index (χ0n) is 14.5. The van der Waals surface area contributed by atoms with E-state index in [1.54, 1.807) is 0 Å². The van der Waals surface area contributed by atoms with Crippen LogP contribution >= 0.6 is 0 Å². The van der Waals surface area contributed by atoms with E-state index in [2.05, 4.69) is 41.0 Å². The number of hydrogen-bond donors (Lipinski definition) is 2. The van der Waals surface area contributed by atoms with Crippen molar-refractivity contribution in [1.82, 2.24) is 10.6 Å². The lowest BCUT2D eigenvalue weighted by Gasteiger charge is -2.32. The van der Waals surface area contributed by atoms with Crippen molar-refractivity contribution in [3.63, 3.8) is 0 Å². The molecular formula is C20H30N2O2. The van der Waals surface area contributed by atoms with Gasteiger partial charge in [-0.2, -0.15) is 0 Å². The van der Waals surface area contributed by atoms with Crippen LogP contribution in [0.5, 0.6) is 0 Å². The first kappa shape index (κ1) is 17.4. The summed E-state index contributed by atoms with van der Waals surface area (Å²) in [5, 5.41) is 6.68. The average molecular weight is 330 g/mol. The van der Waals surface area contributed by atoms with Crippen molar-refractivity contribution in [2.45, 2.75) is 57.0 Å². The van der Waals surface area contributed by atoms with Gasteiger partial charge in [0.1, 0.15) is 0 Å². The van der Waals surface area contributed by atoms with Crippen LogP contribution in [0.15, 0.2) is 30.3 Å². The number of carbonyl (C=O) groups excluding carboxylic acids is 1. The Morgan fingerprint density at radius 2 is 1.79 bits per heavy atom. The summed E-state index contributed by atoms with van der Waals surface area (Å²) in [7, 11) is 0. The van der Waals surface area contributed by atoms with E-state index in [9.17, 15) is 4.79 Å². The van der Waals surface area contributed by atoms with Gasteiger partial charge in [-0.05, 0) is 43.6 Å². The van der Waals surface area contributed by atoms with Crippen LogP contribution in [0.2, 0.25) is 0 Å². The Kier molecular flexibility index (Phi) is 6.67. The van der Waals surface area contributed by atoms with Crippen LogP contribution in [0.4, 0.5) is 0 Å². The molecule has 3 rings (SSSR count). The molecule has 1 aromatic carbocycles. The highest BCUT2D eigenvalue weighted by molar-refractivity contribution is 5.78. The van der Waals surface area contributed by atoms with Crippen molar-refractivity contribution in [2.24, 2.45) is 5.92 Å². The Balaban J connectivity index is 1.45. The summed E-state index contributed by atoms with van der Waals surface area (Å²) in [5.74, 6) is 0.767. The predicted molar refractivity (Wildman–Crippen MR) is 95.9 cm³/mol. The van der Waals surface area contributed by atoms with Gasteiger partial charge >= 0.3 is 0 Å². The first-order valence-electron chi connectivity index (χ1n) is 9.45. The zero-order chi connectivity index (χ0) is 16.6. The molecule has 24 heavy (non-hydrogen) atoms. The molecule has 1 aromatic rings. The number of rotatable bonds is 6. The third kappa shape index (κ3) is 5.32. The fourth-order valence-corrected chi connectivity index (χ4v) is 3.98. The molecule has 0 aromatic heterocycles. The van der Waals surface area contributed by atoms with Crippen molar-refractivity contribution >= 4 is 5.91 Å². The molecule has 2 aliphatic rings. The summed E-state index contributed by atoms with van der Waals surface area (Å²) in [6.45, 7) is 1.97. The average Bonchev–Trinajstić information content (AvgIpc) is 2.63. The van der Waals surface area contributed by atoms with E-state index in [1.807, 2.05) is 0 Å². The van der Waals surface area contributed by atoms with E-state index in [-0.39, 0.29) is 5.91 Å². The normalized spacial score (nSPS) is 25.3. The number of benzene rings is 1. The third-order valence-electron chi connectivity index (χ3n) is 5.36. The van der Waals surface area contributed by atoms with Gasteiger partial charge in [0.25, 0.3) is 0 Å². The first-order valence-corrected chi connectivity index (χ1v) is 9.45. The topological polar surface area (TPSA) is 50.4 Å². The first-order chi connectivity index (χ1) is 11.8. The quantitative estimate of drug-likeness (QED) is 0.843. The maximum atomic E-state index is 12.2. The fraction of sp³-hybridized carbons (Fsp3) is 0.650. The van der Waals surface area contributed by atoms with Crippen LogP contribution in [0.3, 0.4) is 0 Å². The smallest absolute Gasteiger partial charge is 0.234 e. The number of ether oxygens (including phenoxy) is 1. The van der Waals surface area contributed by atoms with E-state index in [0.29, 0.717) is 24.5 Å². The van der Waals surface area contributed by atoms with Gasteiger partial charge in [-0.3, -0.25) is 4.79 Å². The minimum atomic E-state index is 0.130. The summed E-state index contributed by atoms with van der Waals surface area (Å²) in [6, 6.07) is 11.5. The van der Waals surface area contributed by atoms with Crippen LogP contribution < -0.4 is 10.6 Å². The van der Waals surface area contributed by atoms with E-state index in [1.165, 1.54) is 31.2 Å². The molecule has 2 fully saturated rings. The molecule has 1 saturated carbocycles. The standard InChI is InChI=1S/C20H30N2O2/c23-20(22-18-10-12-24-13-11-18)15-21-19-9-5-4-8-17(19)14-16-6-2-1-3-7-16/h1-3,6-7,17-19,21H,4-5,8-15H2,(H,22,23)/t17-,19-/m1/s1. The molecule has 4 heteroatoms. The number of nitrogens with one attached hydrogen (secondary N) is 2. The Bertz CT molecular complexity index is 500. The summed E-state index contributed by atoms with van der Waals surface area (Å²) >= 11 is 0. The van der Waals surface area contributed by atoms with E-state index in [0.717, 1.165) is 32.5 Å². The molecule has 1 aliphatic carbocycles. The SMILES string of the molecule is O=C(CN[C@@H]1CCCC[C@@H]1Cc1ccccc1)NC1CCOCC1. The van der Waals surface area contributed by atoms with Gasteiger partial charge < -0.3 is 15.4 Å². The summed E-state index contributed by atoms with van der Waals surface area (Å²) < 4.78 is 5.34. The summed E-state index contributed by atoms with van der Waals surface area (Å²) in [6.07, 6.45) is 8.00. The molecule has 2 atom stereocenters. The molecule has 132 valence electrons. The Morgan fingerprint density at radius 3 is 2.58 bits per heavy atom. The van der Waals surface area contributed by atoms with Gasteiger partial charge in [0.2, 0.25) is 5.91 Å². The van der Waals surface area contributed by atoms with Gasteiger partial charge in [0, 0.05) is 25.3 Å². The lowest BCUT2D eigenvalue weighted by atomic mass is 9.80. The van der Waals surface area contributed by atoms with Gasteiger partial charge in [0.05, 0.1) is 6.54 Å². The number of hydrogen-bond acceptors (Lipinski definition) is 3. The van der Waals surface area contributed by atoms with E-state index in [4.69, 9.17) is 4.74 Å². The lowest BCUT2D eigenvalue weighted by molar-refractivity contribution is -0.121. The molecule has 2 N–H and O–H groups in total. The van der Waals surface area contributed by atoms with Crippen LogP contribution in [0.25, 0.3) is 0 Å². The van der Waals surface area contributed by atoms with Crippen LogP contribution in [-0.2, 0) is 16.0 Å². The van der Waals surface area contributed by atoms with Gasteiger partial charge in [-0.25, -0.2) is 0 Å². The van der Waals surface area contributed by atoms with Gasteiger partial charge in [0.15, 0.2) is 0 Å². The molecule has 0 unspecified atom stereocenters. The van der Waals surface area contributed by atoms with E-state index < -0.39 is 0 Å². The fourth-order valence-electron chi connectivity index (χ4n) is 3.98. The minimum Gasteiger partial charge on any atom is -0.381 e. The molecule has 1 saturated heterocycles. The maximum Gasteiger partial charge on any atom is 0.234 e. The lowest BCUT2D eigenvalue weighted by Crippen LogP contribution is -2.47. The Morgan fingerprint density at radius 1 is 1.04 bits per heavy atom. The highest BCUT2D eigenvalue weighted by Crippen LogP contribution is 2.27. The molecule has 0 radical (unpaired) electrons. The molecule has 1 amide bonds. The summed E-state index contributed by atoms with van der Waals surface area (Å²) in [5.41, 5.74) is 1.41. The zero-order valence-corrected chi connectivity index (χ0v) is 14.5. The van der Waals surface area contributed by atoms with Crippen LogP contribution in [-0.4, -0.2) is 37.7 Å². The van der Waals surface area contributed by atoms with E-state index >= 15 is 0 Å². The maximum absolute atomic E-state index is 12.2. The largest absolute Gasteiger partial charge is 0.381 e. The van der Waals surface area contributed by atoms with Gasteiger partial charge in [-0.1, -0.05) is 43.2 Å². The Labute approximate surface area is 145 Å². The van der Waals surface area contributed by atoms with Crippen LogP contribution in [0.1, 0.15) is 44.1 Å². The molecule has 1 aliphatic heterocycles. The van der Waals surface area contributed by atoms with Crippen molar-refractivity contribution in [2.75, 3.05) is 19.8 Å². The molecular weight excluding hydrogens is 300 g/mol. The van der Waals surface area contributed by atoms with Gasteiger partial charge in [-0.15, -0.1) is 0 Å². The van der Waals surface area contributed by atoms with Crippen LogP contribution in [0, 0.1) is 5.92 Å². The number of carbonyl (C=O) groups is 1. The van der Waals surface area contributed by atoms with Crippen molar-refractivity contribution in [1.29, 1.82) is 0 Å². The second-order valence-electron chi connectivity index (χ2n) is 7.18. The number of amides is 1. The second-order valence-corrected chi connectivity index (χ2v) is 7.18. The monoisotopic (exact) mass is 330 g/mol. The van der Waals surface area contributed by atoms with Crippen molar-refractivity contribution in [3.05, 3.63) is 35.9 Å².